The smallest absolute Gasteiger partial charge is 0.406 e. The van der Waals surface area contributed by atoms with Gasteiger partial charge >= 0.3 is 6.36 Å². The summed E-state index contributed by atoms with van der Waals surface area (Å²) in [5.74, 6) is -0.368. The van der Waals surface area contributed by atoms with Crippen LogP contribution in [0, 0.1) is 0 Å². The quantitative estimate of drug-likeness (QED) is 0.642. The van der Waals surface area contributed by atoms with E-state index < -0.39 is 24.9 Å². The highest BCUT2D eigenvalue weighted by atomic mass is 19.4. The molecule has 11 heteroatoms. The summed E-state index contributed by atoms with van der Waals surface area (Å²) in [4.78, 5) is 4.10. The topological polar surface area (TPSA) is 73.1 Å². The number of benzene rings is 1. The first-order valence-corrected chi connectivity index (χ1v) is 7.89. The third kappa shape index (κ3) is 4.60. The minimum Gasteiger partial charge on any atom is -0.406 e. The Hall–Kier alpha value is -3.08. The zero-order chi connectivity index (χ0) is 20.3. The molecule has 0 radical (unpaired) electrons. The van der Waals surface area contributed by atoms with Gasteiger partial charge in [0.2, 0.25) is 0 Å². The van der Waals surface area contributed by atoms with Crippen molar-refractivity contribution in [3.8, 4) is 16.9 Å². The van der Waals surface area contributed by atoms with Crippen LogP contribution in [0.1, 0.15) is 11.7 Å². The number of hydrogen-bond acceptors (Lipinski definition) is 5. The first-order chi connectivity index (χ1) is 13.2. The molecule has 0 aliphatic rings. The molecule has 28 heavy (non-hydrogen) atoms. The molecule has 0 saturated heterocycles. The van der Waals surface area contributed by atoms with Gasteiger partial charge in [-0.2, -0.15) is 0 Å². The Morgan fingerprint density at radius 3 is 2.18 bits per heavy atom. The predicted octanol–water partition coefficient (Wildman–Crippen LogP) is 3.45. The number of aliphatic hydroxyl groups is 1. The van der Waals surface area contributed by atoms with Crippen LogP contribution in [0.4, 0.5) is 22.0 Å². The number of hydrogen-bond donors (Lipinski definition) is 1. The Kier molecular flexibility index (Phi) is 5.54. The average Bonchev–Trinajstić information content (AvgIpc) is 3.16. The Morgan fingerprint density at radius 2 is 1.68 bits per heavy atom. The first-order valence-electron chi connectivity index (χ1n) is 7.89. The summed E-state index contributed by atoms with van der Waals surface area (Å²) in [6, 6.07) is 6.82. The molecule has 148 valence electrons. The van der Waals surface area contributed by atoms with Crippen molar-refractivity contribution in [2.45, 2.75) is 24.9 Å². The number of ether oxygens (including phenoxy) is 1. The van der Waals surface area contributed by atoms with E-state index >= 15 is 0 Å². The van der Waals surface area contributed by atoms with Gasteiger partial charge in [0, 0.05) is 18.0 Å². The Bertz CT molecular complexity index is 883. The molecule has 2 heterocycles. The second-order valence-corrected chi connectivity index (χ2v) is 5.70. The Labute approximate surface area is 155 Å². The van der Waals surface area contributed by atoms with Gasteiger partial charge in [-0.15, -0.1) is 18.3 Å². The van der Waals surface area contributed by atoms with E-state index in [1.54, 1.807) is 6.07 Å². The molecule has 2 aromatic heterocycles. The highest BCUT2D eigenvalue weighted by molar-refractivity contribution is 5.63. The molecule has 3 aromatic rings. The number of aromatic nitrogens is 4. The lowest BCUT2D eigenvalue weighted by Crippen LogP contribution is -2.32. The van der Waals surface area contributed by atoms with Crippen LogP contribution in [0.25, 0.3) is 11.1 Å². The van der Waals surface area contributed by atoms with Crippen LogP contribution < -0.4 is 4.74 Å². The fraction of sp³-hybridized carbons (Fsp3) is 0.235. The van der Waals surface area contributed by atoms with Crippen LogP contribution in [0.5, 0.6) is 5.75 Å². The Morgan fingerprint density at radius 1 is 1.00 bits per heavy atom. The fourth-order valence-corrected chi connectivity index (χ4v) is 2.57. The maximum absolute atomic E-state index is 13.0. The summed E-state index contributed by atoms with van der Waals surface area (Å²) >= 11 is 0. The van der Waals surface area contributed by atoms with Gasteiger partial charge in [0.25, 0.3) is 6.43 Å². The number of nitrogens with zero attached hydrogens (tertiary/aromatic N) is 4. The minimum atomic E-state index is -4.79. The molecule has 0 aliphatic carbocycles. The van der Waals surface area contributed by atoms with Crippen molar-refractivity contribution in [1.82, 2.24) is 20.0 Å². The van der Waals surface area contributed by atoms with Gasteiger partial charge in [-0.25, -0.2) is 13.5 Å². The lowest BCUT2D eigenvalue weighted by Gasteiger charge is -2.22. The summed E-state index contributed by atoms with van der Waals surface area (Å²) in [5.41, 5.74) is 1.20. The van der Waals surface area contributed by atoms with Gasteiger partial charge in [-0.3, -0.25) is 4.98 Å². The van der Waals surface area contributed by atoms with Crippen LogP contribution in [0.15, 0.2) is 55.0 Å². The van der Waals surface area contributed by atoms with Crippen LogP contribution in [0.3, 0.4) is 0 Å². The number of alkyl halides is 5. The van der Waals surface area contributed by atoms with Crippen LogP contribution in [0.2, 0.25) is 0 Å². The number of halogens is 5. The molecule has 0 bridgehead atoms. The fourth-order valence-electron chi connectivity index (χ4n) is 2.57. The van der Waals surface area contributed by atoms with Gasteiger partial charge in [0.1, 0.15) is 17.9 Å². The largest absolute Gasteiger partial charge is 0.573 e. The van der Waals surface area contributed by atoms with Gasteiger partial charge in [-0.05, 0) is 23.8 Å². The first kappa shape index (κ1) is 19.7. The SMILES string of the molecule is OC(C(F)F)C(c1ccc(-c2ccc(OC(F)(F)F)cc2)cn1)n1ccnn1. The Balaban J connectivity index is 1.84. The highest BCUT2D eigenvalue weighted by Gasteiger charge is 2.32. The van der Waals surface area contributed by atoms with Crippen molar-refractivity contribution in [3.05, 3.63) is 60.7 Å². The molecule has 6 nitrogen and oxygen atoms in total. The third-order valence-electron chi connectivity index (χ3n) is 3.82. The van der Waals surface area contributed by atoms with Gasteiger partial charge in [0.15, 0.2) is 0 Å². The molecule has 3 rings (SSSR count). The zero-order valence-electron chi connectivity index (χ0n) is 14.0. The van der Waals surface area contributed by atoms with E-state index in [4.69, 9.17) is 0 Å². The average molecular weight is 400 g/mol. The molecule has 0 aliphatic heterocycles. The monoisotopic (exact) mass is 400 g/mol. The van der Waals surface area contributed by atoms with E-state index in [-0.39, 0.29) is 11.4 Å². The lowest BCUT2D eigenvalue weighted by atomic mass is 10.0. The molecule has 0 saturated carbocycles. The molecule has 2 atom stereocenters. The van der Waals surface area contributed by atoms with Crippen molar-refractivity contribution < 1.29 is 31.8 Å². The maximum Gasteiger partial charge on any atom is 0.573 e. The lowest BCUT2D eigenvalue weighted by molar-refractivity contribution is -0.274. The van der Waals surface area contributed by atoms with Crippen molar-refractivity contribution in [2.75, 3.05) is 0 Å². The maximum atomic E-state index is 13.0. The molecular formula is C17H13F5N4O2. The predicted molar refractivity (Wildman–Crippen MR) is 86.5 cm³/mol. The number of aliphatic hydroxyl groups excluding tert-OH is 1. The molecular weight excluding hydrogens is 387 g/mol. The van der Waals surface area contributed by atoms with Crippen molar-refractivity contribution in [2.24, 2.45) is 0 Å². The van der Waals surface area contributed by atoms with E-state index in [0.29, 0.717) is 11.1 Å². The molecule has 1 aromatic carbocycles. The second-order valence-electron chi connectivity index (χ2n) is 5.70. The molecule has 1 N–H and O–H groups in total. The van der Waals surface area contributed by atoms with Crippen molar-refractivity contribution >= 4 is 0 Å². The normalized spacial score (nSPS) is 14.1. The molecule has 0 amide bonds. The summed E-state index contributed by atoms with van der Waals surface area (Å²) in [7, 11) is 0. The molecule has 2 unspecified atom stereocenters. The van der Waals surface area contributed by atoms with E-state index in [0.717, 1.165) is 16.8 Å². The van der Waals surface area contributed by atoms with Crippen LogP contribution in [-0.2, 0) is 0 Å². The second kappa shape index (κ2) is 7.89. The highest BCUT2D eigenvalue weighted by Crippen LogP contribution is 2.28. The molecule has 0 fully saturated rings. The standard InChI is InChI=1S/C17H13F5N4O2/c18-16(19)15(27)14(26-8-7-24-25-26)13-6-3-11(9-23-13)10-1-4-12(5-2-10)28-17(20,21)22/h1-9,14-16,27H. The number of rotatable bonds is 6. The zero-order valence-corrected chi connectivity index (χ0v) is 14.0. The van der Waals surface area contributed by atoms with Gasteiger partial charge in [-0.1, -0.05) is 23.4 Å². The summed E-state index contributed by atoms with van der Waals surface area (Å²) in [6.45, 7) is 0. The van der Waals surface area contributed by atoms with Crippen LogP contribution in [-0.4, -0.2) is 44.0 Å². The summed E-state index contributed by atoms with van der Waals surface area (Å²) < 4.78 is 67.5. The summed E-state index contributed by atoms with van der Waals surface area (Å²) in [6.07, 6.45) is -5.91. The van der Waals surface area contributed by atoms with Gasteiger partial charge < -0.3 is 9.84 Å². The van der Waals surface area contributed by atoms with Crippen molar-refractivity contribution in [1.29, 1.82) is 0 Å². The van der Waals surface area contributed by atoms with E-state index in [9.17, 15) is 27.1 Å². The van der Waals surface area contributed by atoms with Crippen molar-refractivity contribution in [3.63, 3.8) is 0 Å². The minimum absolute atomic E-state index is 0.124. The third-order valence-corrected chi connectivity index (χ3v) is 3.82. The van der Waals surface area contributed by atoms with E-state index in [1.165, 1.54) is 36.8 Å². The molecule has 0 spiro atoms. The van der Waals surface area contributed by atoms with Gasteiger partial charge in [0.05, 0.1) is 11.9 Å². The van der Waals surface area contributed by atoms with E-state index in [1.807, 2.05) is 0 Å². The number of pyridine rings is 1. The van der Waals surface area contributed by atoms with E-state index in [2.05, 4.69) is 20.0 Å². The van der Waals surface area contributed by atoms with Crippen LogP contribution >= 0.6 is 0 Å². The summed E-state index contributed by atoms with van der Waals surface area (Å²) in [5, 5.41) is 17.0.